The number of aromatic nitrogens is 2. The highest BCUT2D eigenvalue weighted by Gasteiger charge is 2.06. The van der Waals surface area contributed by atoms with Crippen molar-refractivity contribution in [1.29, 1.82) is 0 Å². The van der Waals surface area contributed by atoms with Crippen molar-refractivity contribution in [3.05, 3.63) is 44.2 Å². The summed E-state index contributed by atoms with van der Waals surface area (Å²) in [4.78, 5) is 8.00. The van der Waals surface area contributed by atoms with Gasteiger partial charge in [0.15, 0.2) is 0 Å². The molecule has 0 amide bonds. The second kappa shape index (κ2) is 5.33. The van der Waals surface area contributed by atoms with Crippen molar-refractivity contribution in [2.24, 2.45) is 0 Å². The van der Waals surface area contributed by atoms with Crippen LogP contribution in [0.3, 0.4) is 0 Å². The van der Waals surface area contributed by atoms with Gasteiger partial charge in [0.25, 0.3) is 0 Å². The van der Waals surface area contributed by atoms with Crippen molar-refractivity contribution in [2.75, 3.05) is 5.32 Å². The Morgan fingerprint density at radius 3 is 2.82 bits per heavy atom. The molecule has 0 aliphatic rings. The SMILES string of the molecule is Cc1ccc(Br)cc1Nc1nc(Cl)ncc1Br. The summed E-state index contributed by atoms with van der Waals surface area (Å²) < 4.78 is 1.77. The topological polar surface area (TPSA) is 37.8 Å². The number of anilines is 2. The highest BCUT2D eigenvalue weighted by Crippen LogP contribution is 2.27. The minimum absolute atomic E-state index is 0.211. The first kappa shape index (κ1) is 12.8. The molecule has 17 heavy (non-hydrogen) atoms. The first-order chi connectivity index (χ1) is 8.06. The first-order valence-corrected chi connectivity index (χ1v) is 6.74. The third-order valence-corrected chi connectivity index (χ3v) is 3.42. The molecule has 1 N–H and O–H groups in total. The summed E-state index contributed by atoms with van der Waals surface area (Å²) >= 11 is 12.6. The predicted molar refractivity (Wildman–Crippen MR) is 76.9 cm³/mol. The molecule has 0 bridgehead atoms. The zero-order chi connectivity index (χ0) is 12.4. The molecule has 6 heteroatoms. The van der Waals surface area contributed by atoms with E-state index in [9.17, 15) is 0 Å². The quantitative estimate of drug-likeness (QED) is 0.771. The molecule has 1 aromatic heterocycles. The number of hydrogen-bond acceptors (Lipinski definition) is 3. The van der Waals surface area contributed by atoms with Crippen LogP contribution in [0.4, 0.5) is 11.5 Å². The molecular formula is C11H8Br2ClN3. The Morgan fingerprint density at radius 2 is 2.06 bits per heavy atom. The lowest BCUT2D eigenvalue weighted by atomic mass is 10.2. The molecule has 0 unspecified atom stereocenters. The number of aryl methyl sites for hydroxylation is 1. The average Bonchev–Trinajstić information content (AvgIpc) is 2.28. The third-order valence-electron chi connectivity index (χ3n) is 2.17. The number of nitrogens with one attached hydrogen (secondary N) is 1. The second-order valence-electron chi connectivity index (χ2n) is 3.42. The lowest BCUT2D eigenvalue weighted by Gasteiger charge is -2.10. The third kappa shape index (κ3) is 3.18. The summed E-state index contributed by atoms with van der Waals surface area (Å²) in [5.74, 6) is 0.645. The molecular weight excluding hydrogens is 369 g/mol. The molecule has 0 aliphatic carbocycles. The van der Waals surface area contributed by atoms with Gasteiger partial charge in [-0.05, 0) is 52.2 Å². The summed E-state index contributed by atoms with van der Waals surface area (Å²) in [6.07, 6.45) is 1.62. The summed E-state index contributed by atoms with van der Waals surface area (Å²) in [5, 5.41) is 3.42. The molecule has 0 radical (unpaired) electrons. The molecule has 88 valence electrons. The standard InChI is InChI=1S/C11H8Br2ClN3/c1-6-2-3-7(12)4-9(6)16-10-8(13)5-15-11(14)17-10/h2-5H,1H3,(H,15,16,17). The molecule has 0 saturated heterocycles. The Morgan fingerprint density at radius 1 is 1.29 bits per heavy atom. The van der Waals surface area contributed by atoms with Crippen molar-refractivity contribution < 1.29 is 0 Å². The van der Waals surface area contributed by atoms with Crippen LogP contribution in [0.25, 0.3) is 0 Å². The maximum absolute atomic E-state index is 5.76. The fourth-order valence-electron chi connectivity index (χ4n) is 1.29. The molecule has 0 atom stereocenters. The largest absolute Gasteiger partial charge is 0.339 e. The van der Waals surface area contributed by atoms with E-state index in [0.717, 1.165) is 20.2 Å². The Kier molecular flexibility index (Phi) is 4.01. The van der Waals surface area contributed by atoms with E-state index < -0.39 is 0 Å². The second-order valence-corrected chi connectivity index (χ2v) is 5.53. The fourth-order valence-corrected chi connectivity index (χ4v) is 2.07. The van der Waals surface area contributed by atoms with Gasteiger partial charge in [0.2, 0.25) is 5.28 Å². The normalized spacial score (nSPS) is 10.4. The summed E-state index contributed by atoms with van der Waals surface area (Å²) in [7, 11) is 0. The first-order valence-electron chi connectivity index (χ1n) is 4.77. The molecule has 2 aromatic rings. The average molecular weight is 377 g/mol. The number of nitrogens with zero attached hydrogens (tertiary/aromatic N) is 2. The van der Waals surface area contributed by atoms with Gasteiger partial charge in [-0.15, -0.1) is 0 Å². The van der Waals surface area contributed by atoms with Gasteiger partial charge >= 0.3 is 0 Å². The van der Waals surface area contributed by atoms with Crippen LogP contribution in [0.5, 0.6) is 0 Å². The Labute approximate surface area is 121 Å². The predicted octanol–water partition coefficient (Wildman–Crippen LogP) is 4.71. The van der Waals surface area contributed by atoms with Crippen LogP contribution in [0.1, 0.15) is 5.56 Å². The summed E-state index contributed by atoms with van der Waals surface area (Å²) in [6, 6.07) is 5.99. The van der Waals surface area contributed by atoms with Crippen LogP contribution < -0.4 is 5.32 Å². The minimum atomic E-state index is 0.211. The summed E-state index contributed by atoms with van der Waals surface area (Å²) in [5.41, 5.74) is 2.09. The van der Waals surface area contributed by atoms with E-state index in [-0.39, 0.29) is 5.28 Å². The smallest absolute Gasteiger partial charge is 0.224 e. The Hall–Kier alpha value is -0.650. The minimum Gasteiger partial charge on any atom is -0.339 e. The molecule has 0 saturated carbocycles. The van der Waals surface area contributed by atoms with E-state index in [0.29, 0.717) is 5.82 Å². The fraction of sp³-hybridized carbons (Fsp3) is 0.0909. The van der Waals surface area contributed by atoms with Crippen LogP contribution >= 0.6 is 43.5 Å². The van der Waals surface area contributed by atoms with Gasteiger partial charge in [-0.2, -0.15) is 4.98 Å². The monoisotopic (exact) mass is 375 g/mol. The van der Waals surface area contributed by atoms with Gasteiger partial charge in [-0.3, -0.25) is 0 Å². The van der Waals surface area contributed by atoms with E-state index in [4.69, 9.17) is 11.6 Å². The number of hydrogen-bond donors (Lipinski definition) is 1. The van der Waals surface area contributed by atoms with Gasteiger partial charge < -0.3 is 5.32 Å². The molecule has 1 aromatic carbocycles. The van der Waals surface area contributed by atoms with Crippen molar-refractivity contribution in [1.82, 2.24) is 9.97 Å². The van der Waals surface area contributed by atoms with Crippen LogP contribution in [0, 0.1) is 6.92 Å². The van der Waals surface area contributed by atoms with E-state index in [2.05, 4.69) is 47.1 Å². The molecule has 0 spiro atoms. The highest BCUT2D eigenvalue weighted by molar-refractivity contribution is 9.10. The lowest BCUT2D eigenvalue weighted by molar-refractivity contribution is 1.15. The zero-order valence-corrected chi connectivity index (χ0v) is 12.8. The Bertz CT molecular complexity index is 511. The maximum Gasteiger partial charge on any atom is 0.224 e. The lowest BCUT2D eigenvalue weighted by Crippen LogP contribution is -1.98. The van der Waals surface area contributed by atoms with Crippen molar-refractivity contribution in [2.45, 2.75) is 6.92 Å². The highest BCUT2D eigenvalue weighted by atomic mass is 79.9. The molecule has 0 aliphatic heterocycles. The van der Waals surface area contributed by atoms with E-state index >= 15 is 0 Å². The van der Waals surface area contributed by atoms with Crippen LogP contribution in [-0.2, 0) is 0 Å². The zero-order valence-electron chi connectivity index (χ0n) is 8.84. The van der Waals surface area contributed by atoms with E-state index in [1.165, 1.54) is 0 Å². The molecule has 3 nitrogen and oxygen atoms in total. The molecule has 1 heterocycles. The number of rotatable bonds is 2. The van der Waals surface area contributed by atoms with E-state index in [1.807, 2.05) is 25.1 Å². The molecule has 0 fully saturated rings. The van der Waals surface area contributed by atoms with Gasteiger partial charge in [0.1, 0.15) is 5.82 Å². The molecule has 2 rings (SSSR count). The Balaban J connectivity index is 2.37. The maximum atomic E-state index is 5.76. The van der Waals surface area contributed by atoms with Crippen molar-refractivity contribution in [3.8, 4) is 0 Å². The van der Waals surface area contributed by atoms with Crippen molar-refractivity contribution >= 4 is 55.0 Å². The van der Waals surface area contributed by atoms with Gasteiger partial charge in [-0.25, -0.2) is 4.98 Å². The van der Waals surface area contributed by atoms with Gasteiger partial charge in [0, 0.05) is 16.4 Å². The van der Waals surface area contributed by atoms with E-state index in [1.54, 1.807) is 6.20 Å². The van der Waals surface area contributed by atoms with Gasteiger partial charge in [-0.1, -0.05) is 22.0 Å². The number of halogens is 3. The summed E-state index contributed by atoms with van der Waals surface area (Å²) in [6.45, 7) is 2.02. The van der Waals surface area contributed by atoms with Gasteiger partial charge in [0.05, 0.1) is 4.47 Å². The number of benzene rings is 1. The van der Waals surface area contributed by atoms with Crippen LogP contribution in [-0.4, -0.2) is 9.97 Å². The van der Waals surface area contributed by atoms with Crippen molar-refractivity contribution in [3.63, 3.8) is 0 Å². The van der Waals surface area contributed by atoms with Crippen LogP contribution in [0.15, 0.2) is 33.3 Å². The van der Waals surface area contributed by atoms with Crippen LogP contribution in [0.2, 0.25) is 5.28 Å².